The van der Waals surface area contributed by atoms with Crippen LogP contribution in [-0.2, 0) is 4.79 Å². The van der Waals surface area contributed by atoms with E-state index in [1.54, 1.807) is 0 Å². The molecular formula is C12H16O. The van der Waals surface area contributed by atoms with Crippen LogP contribution in [0.2, 0.25) is 0 Å². The molecule has 13 heavy (non-hydrogen) atoms. The number of hydrogen-bond acceptors (Lipinski definition) is 1. The molecule has 0 saturated heterocycles. The third-order valence-electron chi connectivity index (χ3n) is 5.63. The number of carbonyl (C=O) groups is 1. The molecule has 1 nitrogen and oxygen atoms in total. The Balaban J connectivity index is 1.92. The van der Waals surface area contributed by atoms with Crippen molar-refractivity contribution in [1.82, 2.24) is 0 Å². The van der Waals surface area contributed by atoms with Gasteiger partial charge in [0, 0.05) is 11.8 Å². The van der Waals surface area contributed by atoms with Crippen LogP contribution >= 0.6 is 0 Å². The van der Waals surface area contributed by atoms with Crippen LogP contribution in [0.4, 0.5) is 0 Å². The molecule has 0 heterocycles. The molecule has 4 rings (SSSR count). The summed E-state index contributed by atoms with van der Waals surface area (Å²) in [6.45, 7) is 2.43. The summed E-state index contributed by atoms with van der Waals surface area (Å²) in [5.74, 6) is 2.60. The van der Waals surface area contributed by atoms with E-state index in [-0.39, 0.29) is 0 Å². The number of carbonyl (C=O) groups excluding carboxylic acids is 1. The van der Waals surface area contributed by atoms with Gasteiger partial charge in [0.05, 0.1) is 0 Å². The monoisotopic (exact) mass is 176 g/mol. The Morgan fingerprint density at radius 2 is 2.15 bits per heavy atom. The molecule has 5 unspecified atom stereocenters. The van der Waals surface area contributed by atoms with Crippen LogP contribution in [0.5, 0.6) is 0 Å². The largest absolute Gasteiger partial charge is 0.299 e. The van der Waals surface area contributed by atoms with E-state index < -0.39 is 0 Å². The molecule has 1 spiro atoms. The van der Waals surface area contributed by atoms with Crippen molar-refractivity contribution in [3.05, 3.63) is 0 Å². The molecule has 0 radical (unpaired) electrons. The Labute approximate surface area is 78.9 Å². The standard InChI is InChI=1S/C12H16O/c1-11-3-7-4-12(6-11)8(5-11)2-9(12)10(7)13/h7-9H,2-6H2,1H3. The minimum absolute atomic E-state index is 0.483. The summed E-state index contributed by atoms with van der Waals surface area (Å²) in [4.78, 5) is 12.0. The molecule has 3 bridgehead atoms. The molecule has 4 fully saturated rings. The second-order valence-corrected chi connectivity index (χ2v) is 6.42. The quantitative estimate of drug-likeness (QED) is 0.554. The van der Waals surface area contributed by atoms with Gasteiger partial charge in [0.15, 0.2) is 0 Å². The van der Waals surface area contributed by atoms with Crippen LogP contribution in [0.25, 0.3) is 0 Å². The van der Waals surface area contributed by atoms with E-state index >= 15 is 0 Å². The summed E-state index contributed by atoms with van der Waals surface area (Å²) in [6, 6.07) is 0. The minimum atomic E-state index is 0.483. The normalized spacial score (nSPS) is 66.8. The Hall–Kier alpha value is -0.330. The Morgan fingerprint density at radius 1 is 1.31 bits per heavy atom. The lowest BCUT2D eigenvalue weighted by Crippen LogP contribution is -2.44. The van der Waals surface area contributed by atoms with E-state index in [2.05, 4.69) is 6.92 Å². The molecule has 4 aliphatic carbocycles. The number of Topliss-reactive ketones (excluding diaryl/α,β-unsaturated/α-hetero) is 1. The summed E-state index contributed by atoms with van der Waals surface area (Å²) < 4.78 is 0. The molecule has 0 aromatic carbocycles. The molecule has 0 amide bonds. The van der Waals surface area contributed by atoms with E-state index in [1.165, 1.54) is 32.1 Å². The summed E-state index contributed by atoms with van der Waals surface area (Å²) in [5, 5.41) is 0. The van der Waals surface area contributed by atoms with Crippen LogP contribution in [0, 0.1) is 28.6 Å². The summed E-state index contributed by atoms with van der Waals surface area (Å²) in [5.41, 5.74) is 1.11. The SMILES string of the molecule is CC12CC3CC4(C1)C(CC4C3=O)C2. The molecule has 0 aromatic rings. The van der Waals surface area contributed by atoms with Crippen molar-refractivity contribution in [2.75, 3.05) is 0 Å². The molecule has 70 valence electrons. The smallest absolute Gasteiger partial charge is 0.139 e. The van der Waals surface area contributed by atoms with Gasteiger partial charge >= 0.3 is 0 Å². The average Bonchev–Trinajstić information content (AvgIpc) is 2.31. The van der Waals surface area contributed by atoms with Crippen molar-refractivity contribution < 1.29 is 4.79 Å². The highest BCUT2D eigenvalue weighted by Gasteiger charge is 2.72. The Morgan fingerprint density at radius 3 is 3.00 bits per heavy atom. The summed E-state index contributed by atoms with van der Waals surface area (Å²) in [7, 11) is 0. The minimum Gasteiger partial charge on any atom is -0.299 e. The molecule has 4 aliphatic rings. The van der Waals surface area contributed by atoms with Gasteiger partial charge in [-0.2, -0.15) is 0 Å². The fourth-order valence-corrected chi connectivity index (χ4v) is 5.44. The van der Waals surface area contributed by atoms with Crippen LogP contribution in [0.3, 0.4) is 0 Å². The maximum Gasteiger partial charge on any atom is 0.139 e. The molecule has 0 aliphatic heterocycles. The summed E-state index contributed by atoms with van der Waals surface area (Å²) in [6.07, 6.45) is 6.58. The third-order valence-corrected chi connectivity index (χ3v) is 5.63. The van der Waals surface area contributed by atoms with Gasteiger partial charge in [0.1, 0.15) is 5.78 Å². The Bertz CT molecular complexity index is 319. The zero-order valence-corrected chi connectivity index (χ0v) is 8.18. The van der Waals surface area contributed by atoms with Crippen molar-refractivity contribution in [3.8, 4) is 0 Å². The zero-order chi connectivity index (χ0) is 8.84. The van der Waals surface area contributed by atoms with Crippen LogP contribution < -0.4 is 0 Å². The maximum atomic E-state index is 12.0. The highest BCUT2D eigenvalue weighted by atomic mass is 16.1. The number of rotatable bonds is 0. The number of fused-ring (bicyclic) bond motifs is 2. The van der Waals surface area contributed by atoms with Gasteiger partial charge in [-0.3, -0.25) is 4.79 Å². The predicted octanol–water partition coefficient (Wildman–Crippen LogP) is 2.40. The fraction of sp³-hybridized carbons (Fsp3) is 0.917. The lowest BCUT2D eigenvalue weighted by Gasteiger charge is -2.48. The molecule has 0 N–H and O–H groups in total. The van der Waals surface area contributed by atoms with Crippen LogP contribution in [-0.4, -0.2) is 5.78 Å². The number of ketones is 1. The van der Waals surface area contributed by atoms with Crippen molar-refractivity contribution in [2.45, 2.75) is 39.0 Å². The van der Waals surface area contributed by atoms with Crippen molar-refractivity contribution in [2.24, 2.45) is 28.6 Å². The van der Waals surface area contributed by atoms with Crippen molar-refractivity contribution in [3.63, 3.8) is 0 Å². The van der Waals surface area contributed by atoms with Gasteiger partial charge < -0.3 is 0 Å². The molecule has 4 saturated carbocycles. The lowest BCUT2D eigenvalue weighted by atomic mass is 9.55. The first-order valence-electron chi connectivity index (χ1n) is 5.67. The van der Waals surface area contributed by atoms with Gasteiger partial charge in [-0.05, 0) is 48.9 Å². The van der Waals surface area contributed by atoms with E-state index in [4.69, 9.17) is 0 Å². The van der Waals surface area contributed by atoms with Gasteiger partial charge in [0.25, 0.3) is 0 Å². The van der Waals surface area contributed by atoms with E-state index in [0.717, 1.165) is 5.92 Å². The molecule has 5 atom stereocenters. The first-order chi connectivity index (χ1) is 6.13. The molecule has 1 heteroatoms. The zero-order valence-electron chi connectivity index (χ0n) is 8.18. The van der Waals surface area contributed by atoms with Gasteiger partial charge in [-0.1, -0.05) is 6.92 Å². The topological polar surface area (TPSA) is 17.1 Å². The van der Waals surface area contributed by atoms with E-state index in [1.807, 2.05) is 0 Å². The van der Waals surface area contributed by atoms with Crippen molar-refractivity contribution >= 4 is 5.78 Å². The average molecular weight is 176 g/mol. The lowest BCUT2D eigenvalue weighted by molar-refractivity contribution is -0.131. The fourth-order valence-electron chi connectivity index (χ4n) is 5.44. The third kappa shape index (κ3) is 0.547. The highest BCUT2D eigenvalue weighted by Crippen LogP contribution is 2.77. The van der Waals surface area contributed by atoms with Gasteiger partial charge in [0.2, 0.25) is 0 Å². The number of hydrogen-bond donors (Lipinski definition) is 0. The van der Waals surface area contributed by atoms with Gasteiger partial charge in [-0.15, -0.1) is 0 Å². The van der Waals surface area contributed by atoms with Crippen LogP contribution in [0.15, 0.2) is 0 Å². The summed E-state index contributed by atoms with van der Waals surface area (Å²) >= 11 is 0. The van der Waals surface area contributed by atoms with Crippen LogP contribution in [0.1, 0.15) is 39.0 Å². The predicted molar refractivity (Wildman–Crippen MR) is 49.1 cm³/mol. The van der Waals surface area contributed by atoms with Crippen molar-refractivity contribution in [1.29, 1.82) is 0 Å². The van der Waals surface area contributed by atoms with E-state index in [0.29, 0.717) is 28.4 Å². The first-order valence-corrected chi connectivity index (χ1v) is 5.67. The van der Waals surface area contributed by atoms with E-state index in [9.17, 15) is 4.79 Å². The Kier molecular flexibility index (Phi) is 0.874. The second-order valence-electron chi connectivity index (χ2n) is 6.42. The first kappa shape index (κ1) is 7.03. The highest BCUT2D eigenvalue weighted by molar-refractivity contribution is 5.89. The second kappa shape index (κ2) is 1.62. The molecule has 0 aromatic heterocycles. The maximum absolute atomic E-state index is 12.0. The molecular weight excluding hydrogens is 160 g/mol. The van der Waals surface area contributed by atoms with Gasteiger partial charge in [-0.25, -0.2) is 0 Å².